The number of carboxylic acids is 1. The maximum Gasteiger partial charge on any atom is 0.335 e. The molecule has 0 bridgehead atoms. The monoisotopic (exact) mass is 328 g/mol. The molecule has 0 radical (unpaired) electrons. The molecule has 0 aliphatic carbocycles. The van der Waals surface area contributed by atoms with Gasteiger partial charge in [0.25, 0.3) is 0 Å². The van der Waals surface area contributed by atoms with Crippen LogP contribution in [0.4, 0.5) is 8.78 Å². The van der Waals surface area contributed by atoms with Gasteiger partial charge in [0.2, 0.25) is 0 Å². The molecule has 0 spiro atoms. The molecule has 0 saturated heterocycles. The van der Waals surface area contributed by atoms with Crippen molar-refractivity contribution in [3.8, 4) is 11.3 Å². The molecular formula is C18H14F2N2O2. The second-order valence-corrected chi connectivity index (χ2v) is 5.56. The number of benzene rings is 2. The normalized spacial score (nSPS) is 10.8. The Morgan fingerprint density at radius 2 is 1.83 bits per heavy atom. The Morgan fingerprint density at radius 1 is 1.12 bits per heavy atom. The number of aryl methyl sites for hydroxylation is 1. The standard InChI is InChI=1S/C18H14F2N2O2/c1-10-4-12(2-3-16(10)18(23)24)17-9-15(21-22-17)7-11-5-13(19)8-14(20)6-11/h2-6,8-9H,7H2,1H3,(H,21,22)(H,23,24). The maximum absolute atomic E-state index is 13.2. The summed E-state index contributed by atoms with van der Waals surface area (Å²) in [6, 6.07) is 10.1. The van der Waals surface area contributed by atoms with Crippen molar-refractivity contribution in [2.45, 2.75) is 13.3 Å². The Bertz CT molecular complexity index is 899. The third-order valence-corrected chi connectivity index (χ3v) is 3.71. The van der Waals surface area contributed by atoms with Crippen molar-refractivity contribution in [1.29, 1.82) is 0 Å². The smallest absolute Gasteiger partial charge is 0.335 e. The van der Waals surface area contributed by atoms with E-state index in [1.165, 1.54) is 18.2 Å². The van der Waals surface area contributed by atoms with Gasteiger partial charge in [0, 0.05) is 12.5 Å². The Balaban J connectivity index is 1.85. The molecule has 6 heteroatoms. The highest BCUT2D eigenvalue weighted by Gasteiger charge is 2.10. The van der Waals surface area contributed by atoms with Crippen molar-refractivity contribution < 1.29 is 18.7 Å². The quantitative estimate of drug-likeness (QED) is 0.762. The molecule has 3 aromatic rings. The number of carbonyl (C=O) groups is 1. The van der Waals surface area contributed by atoms with Crippen molar-refractivity contribution in [3.05, 3.63) is 76.5 Å². The lowest BCUT2D eigenvalue weighted by Gasteiger charge is -2.03. The molecule has 0 atom stereocenters. The van der Waals surface area contributed by atoms with Crippen LogP contribution in [0.5, 0.6) is 0 Å². The van der Waals surface area contributed by atoms with Gasteiger partial charge in [-0.05, 0) is 53.9 Å². The number of H-pyrrole nitrogens is 1. The summed E-state index contributed by atoms with van der Waals surface area (Å²) in [4.78, 5) is 11.1. The van der Waals surface area contributed by atoms with Crippen LogP contribution < -0.4 is 0 Å². The first-order valence-corrected chi connectivity index (χ1v) is 7.26. The highest BCUT2D eigenvalue weighted by Crippen LogP contribution is 2.22. The summed E-state index contributed by atoms with van der Waals surface area (Å²) in [7, 11) is 0. The fourth-order valence-corrected chi connectivity index (χ4v) is 2.59. The average molecular weight is 328 g/mol. The fourth-order valence-electron chi connectivity index (χ4n) is 2.59. The van der Waals surface area contributed by atoms with E-state index in [9.17, 15) is 13.6 Å². The van der Waals surface area contributed by atoms with Crippen LogP contribution in [0, 0.1) is 18.6 Å². The Kier molecular flexibility index (Phi) is 4.12. The molecular weight excluding hydrogens is 314 g/mol. The first-order valence-electron chi connectivity index (χ1n) is 7.26. The lowest BCUT2D eigenvalue weighted by molar-refractivity contribution is 0.0696. The number of aromatic carboxylic acids is 1. The minimum atomic E-state index is -0.975. The van der Waals surface area contributed by atoms with Crippen molar-refractivity contribution in [1.82, 2.24) is 10.2 Å². The van der Waals surface area contributed by atoms with Gasteiger partial charge in [0.1, 0.15) is 11.6 Å². The van der Waals surface area contributed by atoms with E-state index in [4.69, 9.17) is 5.11 Å². The van der Waals surface area contributed by atoms with E-state index in [1.807, 2.05) is 0 Å². The number of halogens is 2. The van der Waals surface area contributed by atoms with Crippen molar-refractivity contribution in [3.63, 3.8) is 0 Å². The zero-order chi connectivity index (χ0) is 17.3. The lowest BCUT2D eigenvalue weighted by Crippen LogP contribution is -1.99. The van der Waals surface area contributed by atoms with Gasteiger partial charge in [-0.2, -0.15) is 5.10 Å². The Hall–Kier alpha value is -3.02. The van der Waals surface area contributed by atoms with Crippen molar-refractivity contribution >= 4 is 5.97 Å². The molecule has 1 aromatic heterocycles. The predicted molar refractivity (Wildman–Crippen MR) is 84.9 cm³/mol. The summed E-state index contributed by atoms with van der Waals surface area (Å²) in [6.45, 7) is 1.72. The second-order valence-electron chi connectivity index (χ2n) is 5.56. The van der Waals surface area contributed by atoms with Crippen LogP contribution in [-0.4, -0.2) is 21.3 Å². The van der Waals surface area contributed by atoms with E-state index < -0.39 is 17.6 Å². The number of nitrogens with one attached hydrogen (secondary N) is 1. The number of hydrogen-bond acceptors (Lipinski definition) is 2. The number of aromatic nitrogens is 2. The molecule has 0 unspecified atom stereocenters. The number of hydrogen-bond donors (Lipinski definition) is 2. The third-order valence-electron chi connectivity index (χ3n) is 3.71. The number of carboxylic acid groups (broad SMARTS) is 1. The summed E-state index contributed by atoms with van der Waals surface area (Å²) in [5, 5.41) is 16.1. The molecule has 0 amide bonds. The Labute approximate surface area is 136 Å². The van der Waals surface area contributed by atoms with Gasteiger partial charge in [-0.1, -0.05) is 6.07 Å². The largest absolute Gasteiger partial charge is 0.478 e. The van der Waals surface area contributed by atoms with Gasteiger partial charge in [0.05, 0.1) is 17.0 Å². The summed E-state index contributed by atoms with van der Waals surface area (Å²) in [6.07, 6.45) is 0.289. The van der Waals surface area contributed by atoms with Gasteiger partial charge in [-0.15, -0.1) is 0 Å². The molecule has 2 aromatic carbocycles. The molecule has 0 fully saturated rings. The highest BCUT2D eigenvalue weighted by atomic mass is 19.1. The highest BCUT2D eigenvalue weighted by molar-refractivity contribution is 5.90. The number of nitrogens with zero attached hydrogens (tertiary/aromatic N) is 1. The molecule has 24 heavy (non-hydrogen) atoms. The lowest BCUT2D eigenvalue weighted by atomic mass is 10.0. The van der Waals surface area contributed by atoms with E-state index in [0.717, 1.165) is 11.6 Å². The van der Waals surface area contributed by atoms with Crippen LogP contribution in [-0.2, 0) is 6.42 Å². The van der Waals surface area contributed by atoms with E-state index in [1.54, 1.807) is 25.1 Å². The van der Waals surface area contributed by atoms with E-state index in [2.05, 4.69) is 10.2 Å². The topological polar surface area (TPSA) is 66.0 Å². The predicted octanol–water partition coefficient (Wildman–Crippen LogP) is 3.95. The first kappa shape index (κ1) is 15.9. The van der Waals surface area contributed by atoms with Crippen LogP contribution >= 0.6 is 0 Å². The van der Waals surface area contributed by atoms with Crippen LogP contribution in [0.15, 0.2) is 42.5 Å². The molecule has 4 nitrogen and oxygen atoms in total. The van der Waals surface area contributed by atoms with Gasteiger partial charge in [-0.25, -0.2) is 13.6 Å². The van der Waals surface area contributed by atoms with E-state index in [0.29, 0.717) is 22.5 Å². The van der Waals surface area contributed by atoms with Crippen molar-refractivity contribution in [2.24, 2.45) is 0 Å². The third kappa shape index (κ3) is 3.32. The maximum atomic E-state index is 13.2. The second kappa shape index (κ2) is 6.23. The fraction of sp³-hybridized carbons (Fsp3) is 0.111. The molecule has 0 aliphatic rings. The molecule has 3 rings (SSSR count). The average Bonchev–Trinajstić information content (AvgIpc) is 2.94. The number of aromatic amines is 1. The molecule has 122 valence electrons. The summed E-state index contributed by atoms with van der Waals surface area (Å²) in [5.74, 6) is -2.22. The van der Waals surface area contributed by atoms with Gasteiger partial charge in [-0.3, -0.25) is 5.10 Å². The minimum Gasteiger partial charge on any atom is -0.478 e. The SMILES string of the molecule is Cc1cc(-c2cc(Cc3cc(F)cc(F)c3)n[nH]2)ccc1C(=O)O. The Morgan fingerprint density at radius 3 is 2.46 bits per heavy atom. The van der Waals surface area contributed by atoms with E-state index in [-0.39, 0.29) is 12.0 Å². The molecule has 2 N–H and O–H groups in total. The summed E-state index contributed by atoms with van der Waals surface area (Å²) >= 11 is 0. The zero-order valence-corrected chi connectivity index (χ0v) is 12.8. The van der Waals surface area contributed by atoms with Crippen LogP contribution in [0.25, 0.3) is 11.3 Å². The summed E-state index contributed by atoms with van der Waals surface area (Å²) in [5.41, 5.74) is 3.51. The number of rotatable bonds is 4. The summed E-state index contributed by atoms with van der Waals surface area (Å²) < 4.78 is 26.5. The van der Waals surface area contributed by atoms with Crippen molar-refractivity contribution in [2.75, 3.05) is 0 Å². The molecule has 1 heterocycles. The van der Waals surface area contributed by atoms with Gasteiger partial charge in [0.15, 0.2) is 0 Å². The van der Waals surface area contributed by atoms with Gasteiger partial charge < -0.3 is 5.11 Å². The zero-order valence-electron chi connectivity index (χ0n) is 12.8. The van der Waals surface area contributed by atoms with Crippen LogP contribution in [0.3, 0.4) is 0 Å². The van der Waals surface area contributed by atoms with E-state index >= 15 is 0 Å². The molecule has 0 aliphatic heterocycles. The molecule has 0 saturated carbocycles. The minimum absolute atomic E-state index is 0.244. The van der Waals surface area contributed by atoms with Crippen LogP contribution in [0.2, 0.25) is 0 Å². The van der Waals surface area contributed by atoms with Crippen LogP contribution in [0.1, 0.15) is 27.2 Å². The first-order chi connectivity index (χ1) is 11.4. The van der Waals surface area contributed by atoms with Gasteiger partial charge >= 0.3 is 5.97 Å².